The number of rotatable bonds is 8. The van der Waals surface area contributed by atoms with Crippen LogP contribution in [0.15, 0.2) is 17.5 Å². The summed E-state index contributed by atoms with van der Waals surface area (Å²) in [4.78, 5) is 4.14. The van der Waals surface area contributed by atoms with Crippen LogP contribution < -0.4 is 5.32 Å². The molecule has 0 aromatic carbocycles. The van der Waals surface area contributed by atoms with E-state index in [0.29, 0.717) is 0 Å². The number of hydrogen-bond acceptors (Lipinski definition) is 3. The molecule has 96 valence electrons. The molecule has 1 aliphatic rings. The van der Waals surface area contributed by atoms with Crippen molar-refractivity contribution in [2.45, 2.75) is 39.3 Å². The van der Waals surface area contributed by atoms with Crippen molar-refractivity contribution < 1.29 is 0 Å². The Morgan fingerprint density at radius 1 is 1.47 bits per heavy atom. The first-order valence-corrected chi connectivity index (χ1v) is 7.61. The molecule has 17 heavy (non-hydrogen) atoms. The van der Waals surface area contributed by atoms with Crippen LogP contribution in [0.25, 0.3) is 0 Å². The highest BCUT2D eigenvalue weighted by Crippen LogP contribution is 2.28. The molecule has 3 heteroatoms. The highest BCUT2D eigenvalue weighted by Gasteiger charge is 2.28. The van der Waals surface area contributed by atoms with Gasteiger partial charge in [0.15, 0.2) is 0 Å². The predicted molar refractivity (Wildman–Crippen MR) is 75.5 cm³/mol. The minimum Gasteiger partial charge on any atom is -0.315 e. The van der Waals surface area contributed by atoms with Crippen LogP contribution >= 0.6 is 11.3 Å². The van der Waals surface area contributed by atoms with Crippen molar-refractivity contribution in [3.8, 4) is 0 Å². The van der Waals surface area contributed by atoms with Crippen molar-refractivity contribution in [2.75, 3.05) is 19.6 Å². The highest BCUT2D eigenvalue weighted by atomic mass is 32.1. The SMILES string of the molecule is CC(C)CNCCN(Cc1cccs1)C1CC1. The van der Waals surface area contributed by atoms with E-state index in [9.17, 15) is 0 Å². The lowest BCUT2D eigenvalue weighted by Gasteiger charge is -2.21. The van der Waals surface area contributed by atoms with E-state index in [4.69, 9.17) is 0 Å². The Labute approximate surface area is 109 Å². The van der Waals surface area contributed by atoms with Gasteiger partial charge in [0.2, 0.25) is 0 Å². The van der Waals surface area contributed by atoms with E-state index in [1.54, 1.807) is 0 Å². The zero-order valence-electron chi connectivity index (χ0n) is 11.0. The first kappa shape index (κ1) is 13.1. The van der Waals surface area contributed by atoms with Gasteiger partial charge in [0.25, 0.3) is 0 Å². The molecule has 1 N–H and O–H groups in total. The fourth-order valence-corrected chi connectivity index (χ4v) is 2.78. The third-order valence-corrected chi connectivity index (χ3v) is 3.99. The van der Waals surface area contributed by atoms with Gasteiger partial charge >= 0.3 is 0 Å². The van der Waals surface area contributed by atoms with Crippen molar-refractivity contribution in [1.82, 2.24) is 10.2 Å². The Morgan fingerprint density at radius 2 is 2.29 bits per heavy atom. The second kappa shape index (κ2) is 6.53. The molecule has 1 heterocycles. The van der Waals surface area contributed by atoms with Gasteiger partial charge in [-0.05, 0) is 36.8 Å². The Morgan fingerprint density at radius 3 is 2.88 bits per heavy atom. The molecular formula is C14H24N2S. The third-order valence-electron chi connectivity index (χ3n) is 3.13. The van der Waals surface area contributed by atoms with E-state index in [-0.39, 0.29) is 0 Å². The molecule has 0 aliphatic heterocycles. The Kier molecular flexibility index (Phi) is 5.01. The minimum absolute atomic E-state index is 0.752. The molecule has 1 aromatic heterocycles. The molecule has 0 amide bonds. The summed E-state index contributed by atoms with van der Waals surface area (Å²) in [7, 11) is 0. The van der Waals surface area contributed by atoms with Gasteiger partial charge in [-0.1, -0.05) is 19.9 Å². The zero-order valence-corrected chi connectivity index (χ0v) is 11.8. The lowest BCUT2D eigenvalue weighted by molar-refractivity contribution is 0.255. The third kappa shape index (κ3) is 4.78. The topological polar surface area (TPSA) is 15.3 Å². The van der Waals surface area contributed by atoms with Gasteiger partial charge < -0.3 is 5.32 Å². The van der Waals surface area contributed by atoms with Crippen LogP contribution in [-0.2, 0) is 6.54 Å². The summed E-state index contributed by atoms with van der Waals surface area (Å²) in [6.45, 7) is 9.12. The van der Waals surface area contributed by atoms with Crippen molar-refractivity contribution in [1.29, 1.82) is 0 Å². The molecule has 0 saturated heterocycles. The Bertz CT molecular complexity index is 304. The van der Waals surface area contributed by atoms with E-state index in [1.165, 1.54) is 24.3 Å². The molecule has 0 spiro atoms. The van der Waals surface area contributed by atoms with Gasteiger partial charge in [-0.2, -0.15) is 0 Å². The van der Waals surface area contributed by atoms with Crippen LogP contribution in [0.5, 0.6) is 0 Å². The van der Waals surface area contributed by atoms with Crippen LogP contribution in [0, 0.1) is 5.92 Å². The summed E-state index contributed by atoms with van der Waals surface area (Å²) in [5, 5.41) is 5.72. The van der Waals surface area contributed by atoms with Crippen molar-refractivity contribution in [2.24, 2.45) is 5.92 Å². The van der Waals surface area contributed by atoms with Crippen LogP contribution in [0.3, 0.4) is 0 Å². The van der Waals surface area contributed by atoms with Gasteiger partial charge in [0.05, 0.1) is 0 Å². The molecule has 1 fully saturated rings. The average molecular weight is 252 g/mol. The molecule has 0 unspecified atom stereocenters. The fourth-order valence-electron chi connectivity index (χ4n) is 2.05. The summed E-state index contributed by atoms with van der Waals surface area (Å²) in [6.07, 6.45) is 2.80. The van der Waals surface area contributed by atoms with Gasteiger partial charge in [-0.15, -0.1) is 11.3 Å². The summed E-state index contributed by atoms with van der Waals surface area (Å²) in [6, 6.07) is 5.27. The second-order valence-corrected chi connectivity index (χ2v) is 6.41. The van der Waals surface area contributed by atoms with Gasteiger partial charge in [-0.25, -0.2) is 0 Å². The maximum atomic E-state index is 3.54. The Hall–Kier alpha value is -0.380. The molecule has 1 saturated carbocycles. The average Bonchev–Trinajstić information content (AvgIpc) is 3.01. The molecule has 1 aliphatic carbocycles. The monoisotopic (exact) mass is 252 g/mol. The lowest BCUT2D eigenvalue weighted by atomic mass is 10.2. The molecule has 0 bridgehead atoms. The normalized spacial score (nSPS) is 16.0. The van der Waals surface area contributed by atoms with E-state index in [0.717, 1.165) is 31.6 Å². The van der Waals surface area contributed by atoms with Gasteiger partial charge in [-0.3, -0.25) is 4.90 Å². The largest absolute Gasteiger partial charge is 0.315 e. The van der Waals surface area contributed by atoms with Crippen molar-refractivity contribution in [3.05, 3.63) is 22.4 Å². The molecule has 1 aromatic rings. The molecule has 0 radical (unpaired) electrons. The smallest absolute Gasteiger partial charge is 0.0331 e. The summed E-state index contributed by atoms with van der Waals surface area (Å²) < 4.78 is 0. The maximum Gasteiger partial charge on any atom is 0.0331 e. The molecular weight excluding hydrogens is 228 g/mol. The van der Waals surface area contributed by atoms with Gasteiger partial charge in [0, 0.05) is 30.6 Å². The number of nitrogens with one attached hydrogen (secondary N) is 1. The van der Waals surface area contributed by atoms with Crippen molar-refractivity contribution >= 4 is 11.3 Å². The minimum atomic E-state index is 0.752. The fraction of sp³-hybridized carbons (Fsp3) is 0.714. The van der Waals surface area contributed by atoms with E-state index >= 15 is 0 Å². The lowest BCUT2D eigenvalue weighted by Crippen LogP contribution is -2.34. The summed E-state index contributed by atoms with van der Waals surface area (Å²) in [5.41, 5.74) is 0. The van der Waals surface area contributed by atoms with Crippen LogP contribution in [0.4, 0.5) is 0 Å². The standard InChI is InChI=1S/C14H24N2S/c1-12(2)10-15-7-8-16(13-5-6-13)11-14-4-3-9-17-14/h3-4,9,12-13,15H,5-8,10-11H2,1-2H3. The zero-order chi connectivity index (χ0) is 12.1. The molecule has 2 rings (SSSR count). The number of thiophene rings is 1. The van der Waals surface area contributed by atoms with Crippen LogP contribution in [-0.4, -0.2) is 30.6 Å². The number of nitrogens with zero attached hydrogens (tertiary/aromatic N) is 1. The van der Waals surface area contributed by atoms with Crippen LogP contribution in [0.1, 0.15) is 31.6 Å². The first-order valence-electron chi connectivity index (χ1n) is 6.73. The number of hydrogen-bond donors (Lipinski definition) is 1. The van der Waals surface area contributed by atoms with E-state index < -0.39 is 0 Å². The predicted octanol–water partition coefficient (Wildman–Crippen LogP) is 2.96. The molecule has 2 nitrogen and oxygen atoms in total. The van der Waals surface area contributed by atoms with Crippen molar-refractivity contribution in [3.63, 3.8) is 0 Å². The summed E-state index contributed by atoms with van der Waals surface area (Å²) in [5.74, 6) is 0.752. The maximum absolute atomic E-state index is 3.54. The first-order chi connectivity index (χ1) is 8.25. The highest BCUT2D eigenvalue weighted by molar-refractivity contribution is 7.09. The second-order valence-electron chi connectivity index (χ2n) is 5.38. The van der Waals surface area contributed by atoms with E-state index in [2.05, 4.69) is 41.6 Å². The van der Waals surface area contributed by atoms with Gasteiger partial charge in [0.1, 0.15) is 0 Å². The Balaban J connectivity index is 1.70. The molecule has 0 atom stereocenters. The summed E-state index contributed by atoms with van der Waals surface area (Å²) >= 11 is 1.88. The quantitative estimate of drug-likeness (QED) is 0.716. The van der Waals surface area contributed by atoms with E-state index in [1.807, 2.05) is 11.3 Å². The van der Waals surface area contributed by atoms with Crippen LogP contribution in [0.2, 0.25) is 0 Å².